The number of hydrogen-bond donors (Lipinski definition) is 0. The Hall–Kier alpha value is -4.71. The minimum Gasteiger partial charge on any atom is -0.462 e. The van der Waals surface area contributed by atoms with Gasteiger partial charge in [0.25, 0.3) is 0 Å². The molecule has 0 radical (unpaired) electrons. The number of carbonyl (C=O) groups is 3. The molecular weight excluding hydrogens is 853 g/mol. The standard InChI is InChI=1S/C63H98O6/c1-4-7-10-13-16-19-22-25-28-30-31-33-36-39-42-45-48-51-54-57-63(66)69-60(58-67-61(64)55-52-49-46-43-40-37-34-27-24-21-18-15-12-9-6-3)59-68-62(65)56-53-50-47-44-41-38-35-32-29-26-23-20-17-14-11-8-5-2/h7,9-10,12,16-21,25-29,31,33-34,39-40,42-43,48,51,60H,4-6,8,11,13-15,22-24,30,32,35-38,41,44-47,49-50,52-59H2,1-3H3/b10-7-,12-9-,19-16-,20-17-,21-18-,28-25-,29-26-,33-31-,34-27-,42-39-,43-40-,51-48-/t60-/m1/s1. The third kappa shape index (κ3) is 54.1. The van der Waals surface area contributed by atoms with E-state index in [0.29, 0.717) is 19.3 Å². The summed E-state index contributed by atoms with van der Waals surface area (Å²) in [6.45, 7) is 6.26. The Bertz CT molecular complexity index is 1560. The van der Waals surface area contributed by atoms with Gasteiger partial charge in [-0.2, -0.15) is 0 Å². The predicted molar refractivity (Wildman–Crippen MR) is 297 cm³/mol. The van der Waals surface area contributed by atoms with Gasteiger partial charge in [-0.25, -0.2) is 0 Å². The van der Waals surface area contributed by atoms with Crippen LogP contribution in [0.25, 0.3) is 0 Å². The first-order chi connectivity index (χ1) is 34.0. The topological polar surface area (TPSA) is 78.9 Å². The first kappa shape index (κ1) is 64.3. The van der Waals surface area contributed by atoms with Crippen LogP contribution in [0.15, 0.2) is 146 Å². The molecular formula is C63H98O6. The Labute approximate surface area is 423 Å². The molecule has 0 aromatic rings. The van der Waals surface area contributed by atoms with Crippen LogP contribution in [0.2, 0.25) is 0 Å². The summed E-state index contributed by atoms with van der Waals surface area (Å²) in [6.07, 6.45) is 79.9. The lowest BCUT2D eigenvalue weighted by atomic mass is 10.1. The molecule has 0 saturated carbocycles. The first-order valence-electron chi connectivity index (χ1n) is 27.3. The fourth-order valence-electron chi connectivity index (χ4n) is 6.78. The molecule has 0 aromatic heterocycles. The molecule has 0 aliphatic rings. The fraction of sp³-hybridized carbons (Fsp3) is 0.571. The molecule has 0 aliphatic carbocycles. The van der Waals surface area contributed by atoms with Crippen molar-refractivity contribution in [3.05, 3.63) is 146 Å². The van der Waals surface area contributed by atoms with Gasteiger partial charge in [-0.3, -0.25) is 14.4 Å². The number of rotatable bonds is 47. The van der Waals surface area contributed by atoms with E-state index in [4.69, 9.17) is 14.2 Å². The molecule has 0 saturated heterocycles. The maximum Gasteiger partial charge on any atom is 0.306 e. The van der Waals surface area contributed by atoms with Crippen LogP contribution < -0.4 is 0 Å². The summed E-state index contributed by atoms with van der Waals surface area (Å²) in [5.74, 6) is -1.08. The highest BCUT2D eigenvalue weighted by Gasteiger charge is 2.19. The van der Waals surface area contributed by atoms with Crippen LogP contribution in [0.3, 0.4) is 0 Å². The summed E-state index contributed by atoms with van der Waals surface area (Å²) in [6, 6.07) is 0. The van der Waals surface area contributed by atoms with Crippen molar-refractivity contribution in [2.75, 3.05) is 13.2 Å². The Morgan fingerprint density at radius 2 is 0.594 bits per heavy atom. The highest BCUT2D eigenvalue weighted by atomic mass is 16.6. The fourth-order valence-corrected chi connectivity index (χ4v) is 6.78. The monoisotopic (exact) mass is 951 g/mol. The van der Waals surface area contributed by atoms with Crippen molar-refractivity contribution < 1.29 is 28.6 Å². The number of carbonyl (C=O) groups excluding carboxylic acids is 3. The van der Waals surface area contributed by atoms with Crippen molar-refractivity contribution >= 4 is 17.9 Å². The molecule has 0 bridgehead atoms. The summed E-state index contributed by atoms with van der Waals surface area (Å²) in [5, 5.41) is 0. The molecule has 0 spiro atoms. The van der Waals surface area contributed by atoms with Gasteiger partial charge in [-0.05, 0) is 128 Å². The lowest BCUT2D eigenvalue weighted by Gasteiger charge is -2.18. The minimum atomic E-state index is -0.845. The van der Waals surface area contributed by atoms with E-state index in [9.17, 15) is 14.4 Å². The summed E-state index contributed by atoms with van der Waals surface area (Å²) in [5.41, 5.74) is 0. The van der Waals surface area contributed by atoms with Gasteiger partial charge in [0, 0.05) is 19.3 Å². The van der Waals surface area contributed by atoms with Gasteiger partial charge in [-0.1, -0.05) is 212 Å². The van der Waals surface area contributed by atoms with Crippen LogP contribution in [0.1, 0.15) is 213 Å². The van der Waals surface area contributed by atoms with Crippen LogP contribution >= 0.6 is 0 Å². The quantitative estimate of drug-likeness (QED) is 0.0262. The molecule has 69 heavy (non-hydrogen) atoms. The average molecular weight is 951 g/mol. The Morgan fingerprint density at radius 1 is 0.304 bits per heavy atom. The molecule has 6 heteroatoms. The smallest absolute Gasteiger partial charge is 0.306 e. The van der Waals surface area contributed by atoms with E-state index in [2.05, 4.69) is 154 Å². The van der Waals surface area contributed by atoms with Crippen molar-refractivity contribution in [3.8, 4) is 0 Å². The van der Waals surface area contributed by atoms with Gasteiger partial charge in [-0.15, -0.1) is 0 Å². The Kier molecular flexibility index (Phi) is 52.1. The Balaban J connectivity index is 4.61. The molecule has 6 nitrogen and oxygen atoms in total. The van der Waals surface area contributed by atoms with E-state index in [1.165, 1.54) is 51.4 Å². The van der Waals surface area contributed by atoms with Gasteiger partial charge < -0.3 is 14.2 Å². The van der Waals surface area contributed by atoms with E-state index in [-0.39, 0.29) is 38.0 Å². The molecule has 0 rings (SSSR count). The van der Waals surface area contributed by atoms with Crippen molar-refractivity contribution in [3.63, 3.8) is 0 Å². The lowest BCUT2D eigenvalue weighted by Crippen LogP contribution is -2.30. The highest BCUT2D eigenvalue weighted by Crippen LogP contribution is 2.12. The van der Waals surface area contributed by atoms with Crippen molar-refractivity contribution in [1.82, 2.24) is 0 Å². The van der Waals surface area contributed by atoms with E-state index in [1.54, 1.807) is 0 Å². The number of esters is 3. The lowest BCUT2D eigenvalue weighted by molar-refractivity contribution is -0.166. The highest BCUT2D eigenvalue weighted by molar-refractivity contribution is 5.71. The number of ether oxygens (including phenoxy) is 3. The average Bonchev–Trinajstić information content (AvgIpc) is 3.35. The summed E-state index contributed by atoms with van der Waals surface area (Å²) >= 11 is 0. The zero-order valence-corrected chi connectivity index (χ0v) is 44.0. The van der Waals surface area contributed by atoms with Crippen molar-refractivity contribution in [2.24, 2.45) is 0 Å². The molecule has 0 unspecified atom stereocenters. The predicted octanol–water partition coefficient (Wildman–Crippen LogP) is 18.4. The minimum absolute atomic E-state index is 0.132. The van der Waals surface area contributed by atoms with Gasteiger partial charge in [0.15, 0.2) is 6.10 Å². The molecule has 386 valence electrons. The first-order valence-corrected chi connectivity index (χ1v) is 27.3. The molecule has 0 amide bonds. The van der Waals surface area contributed by atoms with Crippen molar-refractivity contribution in [1.29, 1.82) is 0 Å². The Morgan fingerprint density at radius 3 is 0.971 bits per heavy atom. The summed E-state index contributed by atoms with van der Waals surface area (Å²) in [7, 11) is 0. The second kappa shape index (κ2) is 55.9. The maximum atomic E-state index is 12.8. The van der Waals surface area contributed by atoms with Crippen LogP contribution in [0.4, 0.5) is 0 Å². The van der Waals surface area contributed by atoms with Crippen LogP contribution in [-0.4, -0.2) is 37.2 Å². The third-order valence-corrected chi connectivity index (χ3v) is 10.8. The third-order valence-electron chi connectivity index (χ3n) is 10.8. The van der Waals surface area contributed by atoms with Gasteiger partial charge in [0.1, 0.15) is 13.2 Å². The number of unbranched alkanes of at least 4 members (excludes halogenated alkanes) is 12. The summed E-state index contributed by atoms with van der Waals surface area (Å²) < 4.78 is 16.7. The second-order valence-corrected chi connectivity index (χ2v) is 17.4. The molecule has 1 atom stereocenters. The molecule has 0 aromatic carbocycles. The maximum absolute atomic E-state index is 12.8. The zero-order chi connectivity index (χ0) is 50.0. The molecule has 0 fully saturated rings. The number of allylic oxidation sites excluding steroid dienone is 24. The van der Waals surface area contributed by atoms with E-state index >= 15 is 0 Å². The largest absolute Gasteiger partial charge is 0.462 e. The zero-order valence-electron chi connectivity index (χ0n) is 44.0. The van der Waals surface area contributed by atoms with Crippen molar-refractivity contribution in [2.45, 2.75) is 219 Å². The van der Waals surface area contributed by atoms with Crippen LogP contribution in [-0.2, 0) is 28.6 Å². The van der Waals surface area contributed by atoms with Gasteiger partial charge >= 0.3 is 17.9 Å². The molecule has 0 aliphatic heterocycles. The van der Waals surface area contributed by atoms with Gasteiger partial charge in [0.05, 0.1) is 0 Å². The number of hydrogen-bond acceptors (Lipinski definition) is 6. The van der Waals surface area contributed by atoms with E-state index in [1.807, 2.05) is 12.2 Å². The van der Waals surface area contributed by atoms with E-state index in [0.717, 1.165) is 109 Å². The van der Waals surface area contributed by atoms with Gasteiger partial charge in [0.2, 0.25) is 0 Å². The van der Waals surface area contributed by atoms with E-state index < -0.39 is 12.1 Å². The SMILES string of the molecule is CC/C=C\C/C=C\C/C=C\C/C=C\C/C=C\C/C=C\CCC(=O)O[C@H](COC(=O)CCCC/C=C\C/C=C\C/C=C\C/C=C\CC)COC(=O)CCCCCCCCC/C=C\C/C=C\CCCCC. The normalized spacial score (nSPS) is 13.3. The second-order valence-electron chi connectivity index (χ2n) is 17.4. The summed E-state index contributed by atoms with van der Waals surface area (Å²) in [4.78, 5) is 38.1. The van der Waals surface area contributed by atoms with Crippen LogP contribution in [0.5, 0.6) is 0 Å². The van der Waals surface area contributed by atoms with Crippen LogP contribution in [0, 0.1) is 0 Å². The molecule has 0 heterocycles. The molecule has 0 N–H and O–H groups in total.